The molecule has 3 unspecified atom stereocenters. The SMILES string of the molecule is CC(N(c1ccccc1)S(C)(=O)=O)C12CN(CCc3ccccc3)CCC1CN(Cc1ccccc1)C2. The molecule has 5 rings (SSSR count). The summed E-state index contributed by atoms with van der Waals surface area (Å²) in [6.45, 7) is 7.93. The van der Waals surface area contributed by atoms with Gasteiger partial charge in [-0.3, -0.25) is 9.21 Å². The van der Waals surface area contributed by atoms with E-state index in [9.17, 15) is 8.42 Å². The highest BCUT2D eigenvalue weighted by Gasteiger charge is 2.55. The highest BCUT2D eigenvalue weighted by Crippen LogP contribution is 2.48. The Labute approximate surface area is 222 Å². The maximum atomic E-state index is 13.3. The Morgan fingerprint density at radius 3 is 2.05 bits per heavy atom. The minimum absolute atomic E-state index is 0.150. The number of hydrogen-bond donors (Lipinski definition) is 0. The quantitative estimate of drug-likeness (QED) is 0.405. The van der Waals surface area contributed by atoms with E-state index in [-0.39, 0.29) is 11.5 Å². The Hall–Kier alpha value is -2.67. The van der Waals surface area contributed by atoms with Crippen LogP contribution in [0.15, 0.2) is 91.0 Å². The van der Waals surface area contributed by atoms with Crippen molar-refractivity contribution < 1.29 is 8.42 Å². The predicted molar refractivity (Wildman–Crippen MR) is 152 cm³/mol. The molecule has 6 heteroatoms. The van der Waals surface area contributed by atoms with Crippen LogP contribution in [0.1, 0.15) is 24.5 Å². The van der Waals surface area contributed by atoms with Crippen LogP contribution in [0.4, 0.5) is 5.69 Å². The van der Waals surface area contributed by atoms with Gasteiger partial charge in [-0.15, -0.1) is 0 Å². The van der Waals surface area contributed by atoms with Crippen LogP contribution in [0.5, 0.6) is 0 Å². The lowest BCUT2D eigenvalue weighted by Crippen LogP contribution is -2.60. The van der Waals surface area contributed by atoms with E-state index in [1.54, 1.807) is 4.31 Å². The van der Waals surface area contributed by atoms with Crippen molar-refractivity contribution in [3.05, 3.63) is 102 Å². The second-order valence-corrected chi connectivity index (χ2v) is 12.8. The molecule has 3 atom stereocenters. The number of para-hydroxylation sites is 1. The summed E-state index contributed by atoms with van der Waals surface area (Å²) in [4.78, 5) is 5.14. The largest absolute Gasteiger partial charge is 0.302 e. The molecule has 0 saturated carbocycles. The number of rotatable bonds is 9. The Morgan fingerprint density at radius 1 is 0.865 bits per heavy atom. The maximum absolute atomic E-state index is 13.3. The molecule has 0 aliphatic carbocycles. The average molecular weight is 518 g/mol. The zero-order valence-electron chi connectivity index (χ0n) is 22.0. The summed E-state index contributed by atoms with van der Waals surface area (Å²) in [7, 11) is -3.46. The van der Waals surface area contributed by atoms with Crippen LogP contribution in [0, 0.1) is 11.3 Å². The zero-order valence-corrected chi connectivity index (χ0v) is 22.9. The van der Waals surface area contributed by atoms with Gasteiger partial charge in [-0.2, -0.15) is 0 Å². The van der Waals surface area contributed by atoms with Crippen molar-refractivity contribution in [3.63, 3.8) is 0 Å². The topological polar surface area (TPSA) is 43.9 Å². The Morgan fingerprint density at radius 2 is 1.43 bits per heavy atom. The standard InChI is InChI=1S/C31H39N3O2S/c1-26(34(37(2,35)36)30-16-10-5-11-17-30)31-24-32(20-18-27-12-6-3-7-13-27)21-19-29(31)23-33(25-31)22-28-14-8-4-9-15-28/h3-17,26,29H,18-25H2,1-2H3. The summed E-state index contributed by atoms with van der Waals surface area (Å²) < 4.78 is 28.2. The molecule has 2 heterocycles. The fraction of sp³-hybridized carbons (Fsp3) is 0.419. The van der Waals surface area contributed by atoms with E-state index < -0.39 is 10.0 Å². The Bertz CT molecular complexity index is 1250. The van der Waals surface area contributed by atoms with Crippen molar-refractivity contribution >= 4 is 15.7 Å². The van der Waals surface area contributed by atoms with Gasteiger partial charge in [0.1, 0.15) is 0 Å². The van der Waals surface area contributed by atoms with Crippen LogP contribution in [-0.2, 0) is 23.0 Å². The smallest absolute Gasteiger partial charge is 0.232 e. The molecule has 0 N–H and O–H groups in total. The molecule has 2 saturated heterocycles. The number of hydrogen-bond acceptors (Lipinski definition) is 4. The van der Waals surface area contributed by atoms with Gasteiger partial charge in [0.2, 0.25) is 10.0 Å². The van der Waals surface area contributed by atoms with Crippen LogP contribution in [0.25, 0.3) is 0 Å². The summed E-state index contributed by atoms with van der Waals surface area (Å²) in [6.07, 6.45) is 3.46. The Balaban J connectivity index is 1.45. The molecule has 0 radical (unpaired) electrons. The van der Waals surface area contributed by atoms with Gasteiger partial charge in [-0.05, 0) is 55.5 Å². The lowest BCUT2D eigenvalue weighted by molar-refractivity contribution is 0.0449. The molecular weight excluding hydrogens is 478 g/mol. The van der Waals surface area contributed by atoms with Gasteiger partial charge in [-0.25, -0.2) is 8.42 Å². The first-order valence-electron chi connectivity index (χ1n) is 13.4. The lowest BCUT2D eigenvalue weighted by Gasteiger charge is -2.50. The monoisotopic (exact) mass is 517 g/mol. The van der Waals surface area contributed by atoms with Crippen molar-refractivity contribution in [2.24, 2.45) is 11.3 Å². The van der Waals surface area contributed by atoms with Crippen molar-refractivity contribution in [2.75, 3.05) is 43.3 Å². The van der Waals surface area contributed by atoms with Crippen molar-refractivity contribution in [1.29, 1.82) is 0 Å². The molecule has 0 aromatic heterocycles. The number of benzene rings is 3. The summed E-state index contributed by atoms with van der Waals surface area (Å²) in [5, 5.41) is 0. The van der Waals surface area contributed by atoms with E-state index in [1.165, 1.54) is 17.4 Å². The summed E-state index contributed by atoms with van der Waals surface area (Å²) in [6, 6.07) is 30.8. The van der Waals surface area contributed by atoms with E-state index in [2.05, 4.69) is 77.4 Å². The van der Waals surface area contributed by atoms with Crippen LogP contribution >= 0.6 is 0 Å². The fourth-order valence-electron chi connectivity index (χ4n) is 6.70. The van der Waals surface area contributed by atoms with Crippen LogP contribution in [-0.4, -0.2) is 63.2 Å². The number of fused-ring (bicyclic) bond motifs is 1. The Kier molecular flexibility index (Phi) is 7.70. The first-order valence-corrected chi connectivity index (χ1v) is 15.3. The predicted octanol–water partition coefficient (Wildman–Crippen LogP) is 4.91. The second kappa shape index (κ2) is 11.0. The van der Waals surface area contributed by atoms with Crippen LogP contribution < -0.4 is 4.31 Å². The highest BCUT2D eigenvalue weighted by atomic mass is 32.2. The fourth-order valence-corrected chi connectivity index (χ4v) is 7.98. The number of piperidine rings is 1. The van der Waals surface area contributed by atoms with E-state index in [4.69, 9.17) is 0 Å². The third-order valence-corrected chi connectivity index (χ3v) is 9.72. The average Bonchev–Trinajstić information content (AvgIpc) is 3.27. The van der Waals surface area contributed by atoms with E-state index in [0.29, 0.717) is 5.92 Å². The van der Waals surface area contributed by atoms with Crippen molar-refractivity contribution in [1.82, 2.24) is 9.80 Å². The van der Waals surface area contributed by atoms with Crippen molar-refractivity contribution in [3.8, 4) is 0 Å². The van der Waals surface area contributed by atoms with Gasteiger partial charge < -0.3 is 4.90 Å². The number of sulfonamides is 1. The summed E-state index contributed by atoms with van der Waals surface area (Å²) in [5.74, 6) is 0.451. The van der Waals surface area contributed by atoms with Gasteiger partial charge >= 0.3 is 0 Å². The lowest BCUT2D eigenvalue weighted by atomic mass is 9.68. The molecule has 196 valence electrons. The molecule has 0 bridgehead atoms. The molecule has 2 aliphatic heterocycles. The molecule has 2 aliphatic rings. The van der Waals surface area contributed by atoms with Gasteiger partial charge in [0, 0.05) is 38.1 Å². The third kappa shape index (κ3) is 5.77. The molecule has 5 nitrogen and oxygen atoms in total. The first-order chi connectivity index (χ1) is 17.8. The zero-order chi connectivity index (χ0) is 25.9. The number of anilines is 1. The molecular formula is C31H39N3O2S. The van der Waals surface area contributed by atoms with Crippen LogP contribution in [0.2, 0.25) is 0 Å². The normalized spacial score (nSPS) is 23.5. The molecule has 3 aromatic carbocycles. The summed E-state index contributed by atoms with van der Waals surface area (Å²) in [5.41, 5.74) is 3.27. The van der Waals surface area contributed by atoms with Gasteiger partial charge in [0.15, 0.2) is 0 Å². The number of likely N-dealkylation sites (tertiary alicyclic amines) is 2. The van der Waals surface area contributed by atoms with E-state index in [1.807, 2.05) is 30.3 Å². The molecule has 37 heavy (non-hydrogen) atoms. The van der Waals surface area contributed by atoms with E-state index in [0.717, 1.165) is 57.8 Å². The van der Waals surface area contributed by atoms with Gasteiger partial charge in [0.05, 0.1) is 18.0 Å². The van der Waals surface area contributed by atoms with E-state index >= 15 is 0 Å². The van der Waals surface area contributed by atoms with Gasteiger partial charge in [0.25, 0.3) is 0 Å². The highest BCUT2D eigenvalue weighted by molar-refractivity contribution is 7.92. The maximum Gasteiger partial charge on any atom is 0.232 e. The van der Waals surface area contributed by atoms with Crippen molar-refractivity contribution in [2.45, 2.75) is 32.4 Å². The molecule has 0 amide bonds. The first kappa shape index (κ1) is 26.0. The third-order valence-electron chi connectivity index (χ3n) is 8.48. The van der Waals surface area contributed by atoms with Crippen LogP contribution in [0.3, 0.4) is 0 Å². The summed E-state index contributed by atoms with van der Waals surface area (Å²) >= 11 is 0. The second-order valence-electron chi connectivity index (χ2n) is 11.0. The molecule has 3 aromatic rings. The van der Waals surface area contributed by atoms with Gasteiger partial charge in [-0.1, -0.05) is 78.9 Å². The minimum atomic E-state index is -3.46. The number of nitrogens with zero attached hydrogens (tertiary/aromatic N) is 3. The molecule has 0 spiro atoms. The molecule has 2 fully saturated rings. The minimum Gasteiger partial charge on any atom is -0.302 e.